The Labute approximate surface area is 137 Å². The molecule has 2 N–H and O–H groups in total. The lowest BCUT2D eigenvalue weighted by Crippen LogP contribution is -2.41. The van der Waals surface area contributed by atoms with Gasteiger partial charge in [0.25, 0.3) is 0 Å². The number of hydrogen-bond acceptors (Lipinski definition) is 3. The minimum absolute atomic E-state index is 0.315. The Balaban J connectivity index is 1.47. The summed E-state index contributed by atoms with van der Waals surface area (Å²) in [6.07, 6.45) is 7.59. The van der Waals surface area contributed by atoms with Crippen molar-refractivity contribution in [1.82, 2.24) is 20.0 Å². The molecule has 0 aliphatic carbocycles. The lowest BCUT2D eigenvalue weighted by atomic mass is 10.2. The first-order valence-corrected chi connectivity index (χ1v) is 8.25. The largest absolute Gasteiger partial charge is 0.376 e. The van der Waals surface area contributed by atoms with Crippen molar-refractivity contribution in [2.45, 2.75) is 32.3 Å². The maximum Gasteiger partial charge on any atom is 0.191 e. The van der Waals surface area contributed by atoms with Gasteiger partial charge in [0.15, 0.2) is 5.96 Å². The maximum atomic E-state index is 5.61. The number of nitrogens with one attached hydrogen (secondary N) is 2. The molecule has 0 saturated carbocycles. The highest BCUT2D eigenvalue weighted by molar-refractivity contribution is 5.79. The number of guanidine groups is 1. The Morgan fingerprint density at radius 1 is 1.48 bits per heavy atom. The zero-order chi connectivity index (χ0) is 16.1. The van der Waals surface area contributed by atoms with Gasteiger partial charge >= 0.3 is 0 Å². The van der Waals surface area contributed by atoms with Crippen LogP contribution < -0.4 is 10.6 Å². The average molecular weight is 315 g/mol. The molecule has 2 aromatic heterocycles. The van der Waals surface area contributed by atoms with Crippen LogP contribution in [0.1, 0.15) is 24.1 Å². The third-order valence-electron chi connectivity index (χ3n) is 4.15. The Kier molecular flexibility index (Phi) is 5.12. The quantitative estimate of drug-likeness (QED) is 0.649. The molecule has 2 aromatic rings. The molecule has 1 aliphatic rings. The van der Waals surface area contributed by atoms with Gasteiger partial charge in [-0.15, -0.1) is 0 Å². The minimum atomic E-state index is 0.315. The molecular formula is C17H25N5O. The van der Waals surface area contributed by atoms with Crippen LogP contribution in [0.15, 0.2) is 29.5 Å². The predicted octanol–water partition coefficient (Wildman–Crippen LogP) is 1.53. The van der Waals surface area contributed by atoms with Gasteiger partial charge in [0.05, 0.1) is 11.8 Å². The van der Waals surface area contributed by atoms with E-state index < -0.39 is 0 Å². The van der Waals surface area contributed by atoms with Crippen LogP contribution in [0.3, 0.4) is 0 Å². The summed E-state index contributed by atoms with van der Waals surface area (Å²) in [5, 5.41) is 6.66. The normalized spacial score (nSPS) is 18.5. The highest BCUT2D eigenvalue weighted by Crippen LogP contribution is 2.11. The topological polar surface area (TPSA) is 63.0 Å². The van der Waals surface area contributed by atoms with Gasteiger partial charge in [0.2, 0.25) is 0 Å². The molecule has 1 saturated heterocycles. The van der Waals surface area contributed by atoms with Crippen molar-refractivity contribution in [2.75, 3.05) is 26.7 Å². The van der Waals surface area contributed by atoms with Crippen LogP contribution >= 0.6 is 0 Å². The first kappa shape index (κ1) is 15.8. The molecule has 124 valence electrons. The van der Waals surface area contributed by atoms with E-state index in [1.54, 1.807) is 7.05 Å². The van der Waals surface area contributed by atoms with Crippen LogP contribution in [-0.2, 0) is 11.2 Å². The summed E-state index contributed by atoms with van der Waals surface area (Å²) in [7, 11) is 1.79. The summed E-state index contributed by atoms with van der Waals surface area (Å²) in [4.78, 5) is 8.94. The summed E-state index contributed by atoms with van der Waals surface area (Å²) < 4.78 is 7.69. The fraction of sp³-hybridized carbons (Fsp3) is 0.529. The molecule has 1 unspecified atom stereocenters. The van der Waals surface area contributed by atoms with Gasteiger partial charge in [-0.3, -0.25) is 4.99 Å². The number of hydrogen-bond donors (Lipinski definition) is 2. The number of ether oxygens (including phenoxy) is 1. The summed E-state index contributed by atoms with van der Waals surface area (Å²) in [5.41, 5.74) is 3.31. The lowest BCUT2D eigenvalue weighted by Gasteiger charge is -2.14. The van der Waals surface area contributed by atoms with Crippen LogP contribution in [-0.4, -0.2) is 48.2 Å². The molecule has 3 rings (SSSR count). The zero-order valence-corrected chi connectivity index (χ0v) is 13.9. The number of aryl methyl sites for hydroxylation is 1. The summed E-state index contributed by atoms with van der Waals surface area (Å²) in [6, 6.07) is 4.13. The maximum absolute atomic E-state index is 5.61. The Morgan fingerprint density at radius 3 is 3.13 bits per heavy atom. The molecule has 3 heterocycles. The van der Waals surface area contributed by atoms with Gasteiger partial charge in [0.1, 0.15) is 5.65 Å². The lowest BCUT2D eigenvalue weighted by molar-refractivity contribution is 0.114. The second-order valence-corrected chi connectivity index (χ2v) is 5.92. The molecule has 6 nitrogen and oxygen atoms in total. The number of fused-ring (bicyclic) bond motifs is 1. The van der Waals surface area contributed by atoms with Crippen molar-refractivity contribution in [3.8, 4) is 0 Å². The van der Waals surface area contributed by atoms with Crippen molar-refractivity contribution in [3.05, 3.63) is 35.8 Å². The van der Waals surface area contributed by atoms with Gasteiger partial charge in [-0.25, -0.2) is 4.98 Å². The third-order valence-corrected chi connectivity index (χ3v) is 4.15. The molecule has 1 aliphatic heterocycles. The molecule has 23 heavy (non-hydrogen) atoms. The Morgan fingerprint density at radius 2 is 2.39 bits per heavy atom. The van der Waals surface area contributed by atoms with E-state index in [4.69, 9.17) is 4.74 Å². The van der Waals surface area contributed by atoms with Gasteiger partial charge in [-0.05, 0) is 31.4 Å². The smallest absolute Gasteiger partial charge is 0.191 e. The fourth-order valence-corrected chi connectivity index (χ4v) is 2.87. The summed E-state index contributed by atoms with van der Waals surface area (Å²) >= 11 is 0. The van der Waals surface area contributed by atoms with E-state index in [0.717, 1.165) is 56.3 Å². The van der Waals surface area contributed by atoms with Crippen LogP contribution in [0.4, 0.5) is 0 Å². The zero-order valence-electron chi connectivity index (χ0n) is 13.9. The van der Waals surface area contributed by atoms with E-state index in [0.29, 0.717) is 6.10 Å². The van der Waals surface area contributed by atoms with E-state index in [-0.39, 0.29) is 0 Å². The number of pyridine rings is 1. The highest BCUT2D eigenvalue weighted by atomic mass is 16.5. The van der Waals surface area contributed by atoms with E-state index >= 15 is 0 Å². The number of aromatic nitrogens is 2. The first-order valence-electron chi connectivity index (χ1n) is 8.25. The summed E-state index contributed by atoms with van der Waals surface area (Å²) in [6.45, 7) is 4.58. The Bertz CT molecular complexity index is 673. The first-order chi connectivity index (χ1) is 11.3. The molecule has 0 radical (unpaired) electrons. The minimum Gasteiger partial charge on any atom is -0.376 e. The molecule has 1 fully saturated rings. The molecule has 1 atom stereocenters. The van der Waals surface area contributed by atoms with Crippen LogP contribution in [0.2, 0.25) is 0 Å². The molecule has 6 heteroatoms. The van der Waals surface area contributed by atoms with Crippen molar-refractivity contribution >= 4 is 11.6 Å². The molecule has 0 bridgehead atoms. The van der Waals surface area contributed by atoms with Crippen molar-refractivity contribution < 1.29 is 4.74 Å². The Hall–Kier alpha value is -2.08. The standard InChI is InChI=1S/C17H25N5O/c1-13-5-3-9-22-12-14(21-16(13)22)7-8-19-17(18-2)20-11-15-6-4-10-23-15/h3,5,9,12,15H,4,6-8,10-11H2,1-2H3,(H2,18,19,20). The SMILES string of the molecule is CN=C(NCCc1cn2cccc(C)c2n1)NCC1CCCO1. The van der Waals surface area contributed by atoms with E-state index in [1.807, 2.05) is 12.3 Å². The van der Waals surface area contributed by atoms with Crippen molar-refractivity contribution in [1.29, 1.82) is 0 Å². The van der Waals surface area contributed by atoms with Crippen molar-refractivity contribution in [3.63, 3.8) is 0 Å². The molecule has 0 aromatic carbocycles. The van der Waals surface area contributed by atoms with Crippen LogP contribution in [0, 0.1) is 6.92 Å². The number of imidazole rings is 1. The second-order valence-electron chi connectivity index (χ2n) is 5.92. The van der Waals surface area contributed by atoms with Crippen LogP contribution in [0.25, 0.3) is 5.65 Å². The van der Waals surface area contributed by atoms with Gasteiger partial charge in [-0.1, -0.05) is 6.07 Å². The number of aliphatic imine (C=N–C) groups is 1. The number of rotatable bonds is 5. The van der Waals surface area contributed by atoms with Gasteiger partial charge in [-0.2, -0.15) is 0 Å². The molecule has 0 amide bonds. The summed E-state index contributed by atoms with van der Waals surface area (Å²) in [5.74, 6) is 0.820. The van der Waals surface area contributed by atoms with Crippen molar-refractivity contribution in [2.24, 2.45) is 4.99 Å². The van der Waals surface area contributed by atoms with E-state index in [2.05, 4.69) is 44.2 Å². The van der Waals surface area contributed by atoms with Crippen LogP contribution in [0.5, 0.6) is 0 Å². The van der Waals surface area contributed by atoms with E-state index in [9.17, 15) is 0 Å². The number of nitrogens with zero attached hydrogens (tertiary/aromatic N) is 3. The monoisotopic (exact) mass is 315 g/mol. The second kappa shape index (κ2) is 7.46. The average Bonchev–Trinajstić information content (AvgIpc) is 3.20. The molecule has 0 spiro atoms. The third kappa shape index (κ3) is 4.01. The molecular weight excluding hydrogens is 290 g/mol. The predicted molar refractivity (Wildman–Crippen MR) is 92.0 cm³/mol. The van der Waals surface area contributed by atoms with E-state index in [1.165, 1.54) is 5.56 Å². The highest BCUT2D eigenvalue weighted by Gasteiger charge is 2.15. The fourth-order valence-electron chi connectivity index (χ4n) is 2.87. The van der Waals surface area contributed by atoms with Gasteiger partial charge < -0.3 is 19.8 Å². The van der Waals surface area contributed by atoms with Gasteiger partial charge in [0, 0.05) is 45.6 Å².